The topological polar surface area (TPSA) is 46.2 Å². The summed E-state index contributed by atoms with van der Waals surface area (Å²) in [7, 11) is 0. The molecule has 0 bridgehead atoms. The molecule has 0 radical (unpaired) electrons. The minimum Gasteiger partial charge on any atom is -0.392 e. The normalized spacial score (nSPS) is 29.6. The average molecular weight is 223 g/mol. The fourth-order valence-corrected chi connectivity index (χ4v) is 2.65. The third-order valence-corrected chi connectivity index (χ3v) is 3.74. The Morgan fingerprint density at radius 2 is 2.06 bits per heavy atom. The van der Waals surface area contributed by atoms with Gasteiger partial charge in [0.15, 0.2) is 0 Å². The quantitative estimate of drug-likeness (QED) is 0.821. The highest BCUT2D eigenvalue weighted by molar-refractivity contribution is 5.19. The number of rotatable bonds is 3. The van der Waals surface area contributed by atoms with Gasteiger partial charge in [-0.2, -0.15) is 0 Å². The van der Waals surface area contributed by atoms with Gasteiger partial charge in [0.2, 0.25) is 0 Å². The van der Waals surface area contributed by atoms with Crippen molar-refractivity contribution in [3.63, 3.8) is 0 Å². The molecule has 16 heavy (non-hydrogen) atoms. The molecule has 0 saturated heterocycles. The molecule has 1 aliphatic rings. The second-order valence-corrected chi connectivity index (χ2v) is 4.78. The number of hydrogen-bond acceptors (Lipinski definition) is 2. The van der Waals surface area contributed by atoms with Crippen molar-refractivity contribution < 1.29 is 9.50 Å². The van der Waals surface area contributed by atoms with E-state index < -0.39 is 0 Å². The van der Waals surface area contributed by atoms with Gasteiger partial charge in [0.05, 0.1) is 6.10 Å². The van der Waals surface area contributed by atoms with Gasteiger partial charge in [-0.1, -0.05) is 18.6 Å². The maximum Gasteiger partial charge on any atom is 0.123 e. The van der Waals surface area contributed by atoms with Gasteiger partial charge in [-0.05, 0) is 37.0 Å². The van der Waals surface area contributed by atoms with Crippen LogP contribution in [0.15, 0.2) is 24.3 Å². The van der Waals surface area contributed by atoms with Crippen molar-refractivity contribution in [3.8, 4) is 0 Å². The monoisotopic (exact) mass is 223 g/mol. The van der Waals surface area contributed by atoms with Gasteiger partial charge in [-0.25, -0.2) is 4.39 Å². The van der Waals surface area contributed by atoms with Crippen LogP contribution in [-0.4, -0.2) is 17.8 Å². The molecule has 0 aliphatic heterocycles. The zero-order chi connectivity index (χ0) is 11.6. The van der Waals surface area contributed by atoms with E-state index in [0.717, 1.165) is 31.2 Å². The van der Waals surface area contributed by atoms with Gasteiger partial charge in [-0.3, -0.25) is 0 Å². The van der Waals surface area contributed by atoms with Crippen LogP contribution in [0.25, 0.3) is 0 Å². The van der Waals surface area contributed by atoms with E-state index in [2.05, 4.69) is 0 Å². The smallest absolute Gasteiger partial charge is 0.123 e. The summed E-state index contributed by atoms with van der Waals surface area (Å²) in [5, 5.41) is 10.0. The van der Waals surface area contributed by atoms with Crippen LogP contribution in [0.2, 0.25) is 0 Å². The second-order valence-electron chi connectivity index (χ2n) is 4.78. The Morgan fingerprint density at radius 1 is 1.38 bits per heavy atom. The van der Waals surface area contributed by atoms with Crippen molar-refractivity contribution in [2.45, 2.75) is 31.8 Å². The molecule has 1 aromatic carbocycles. The molecule has 1 fully saturated rings. The maximum atomic E-state index is 12.8. The van der Waals surface area contributed by atoms with Crippen LogP contribution in [0.3, 0.4) is 0 Å². The second kappa shape index (κ2) is 4.52. The molecule has 0 amide bonds. The van der Waals surface area contributed by atoms with Crippen LogP contribution in [0.5, 0.6) is 0 Å². The third-order valence-electron chi connectivity index (χ3n) is 3.74. The molecule has 88 valence electrons. The van der Waals surface area contributed by atoms with Gasteiger partial charge in [0.1, 0.15) is 5.82 Å². The first-order valence-electron chi connectivity index (χ1n) is 5.79. The summed E-state index contributed by atoms with van der Waals surface area (Å²) in [6.45, 7) is 0.492. The fraction of sp³-hybridized carbons (Fsp3) is 0.538. The highest BCUT2D eigenvalue weighted by Crippen LogP contribution is 2.40. The van der Waals surface area contributed by atoms with Crippen LogP contribution >= 0.6 is 0 Å². The Kier molecular flexibility index (Phi) is 3.26. The minimum absolute atomic E-state index is 0.197. The lowest BCUT2D eigenvalue weighted by Gasteiger charge is -2.31. The fourth-order valence-electron chi connectivity index (χ4n) is 2.65. The first-order valence-corrected chi connectivity index (χ1v) is 5.79. The lowest BCUT2D eigenvalue weighted by Crippen LogP contribution is -2.39. The van der Waals surface area contributed by atoms with Crippen LogP contribution in [-0.2, 0) is 6.42 Å². The molecule has 0 aromatic heterocycles. The van der Waals surface area contributed by atoms with Crippen molar-refractivity contribution in [1.82, 2.24) is 0 Å². The summed E-state index contributed by atoms with van der Waals surface area (Å²) in [6.07, 6.45) is 3.24. The molecule has 2 rings (SSSR count). The Balaban J connectivity index is 2.15. The molecule has 1 saturated carbocycles. The number of hydrogen-bond donors (Lipinski definition) is 2. The molecule has 1 aromatic rings. The Morgan fingerprint density at radius 3 is 2.56 bits per heavy atom. The summed E-state index contributed by atoms with van der Waals surface area (Å²) in [5.74, 6) is -0.225. The molecule has 0 heterocycles. The maximum absolute atomic E-state index is 12.8. The summed E-state index contributed by atoms with van der Waals surface area (Å²) >= 11 is 0. The van der Waals surface area contributed by atoms with E-state index in [-0.39, 0.29) is 17.3 Å². The minimum atomic E-state index is -0.317. The molecule has 0 spiro atoms. The Hall–Kier alpha value is -0.930. The molecule has 3 heteroatoms. The molecule has 1 aliphatic carbocycles. The first kappa shape index (κ1) is 11.6. The number of aliphatic hydroxyl groups is 1. The van der Waals surface area contributed by atoms with Crippen molar-refractivity contribution in [2.24, 2.45) is 11.1 Å². The van der Waals surface area contributed by atoms with Crippen LogP contribution in [0.1, 0.15) is 24.8 Å². The predicted molar refractivity (Wildman–Crippen MR) is 61.4 cm³/mol. The predicted octanol–water partition coefficient (Wildman–Crippen LogP) is 1.86. The van der Waals surface area contributed by atoms with Gasteiger partial charge in [0, 0.05) is 12.0 Å². The number of benzene rings is 1. The van der Waals surface area contributed by atoms with E-state index in [1.54, 1.807) is 12.1 Å². The highest BCUT2D eigenvalue weighted by Gasteiger charge is 2.40. The zero-order valence-corrected chi connectivity index (χ0v) is 9.32. The van der Waals surface area contributed by atoms with Gasteiger partial charge >= 0.3 is 0 Å². The first-order chi connectivity index (χ1) is 7.66. The Bertz CT molecular complexity index is 351. The lowest BCUT2D eigenvalue weighted by atomic mass is 9.78. The number of halogens is 1. The zero-order valence-electron chi connectivity index (χ0n) is 9.32. The molecule has 3 N–H and O–H groups in total. The SMILES string of the molecule is NC[C@]1(Cc2ccc(F)cc2)CCC[C@@H]1O. The summed E-state index contributed by atoms with van der Waals surface area (Å²) < 4.78 is 12.8. The van der Waals surface area contributed by atoms with Crippen molar-refractivity contribution in [3.05, 3.63) is 35.6 Å². The van der Waals surface area contributed by atoms with E-state index in [9.17, 15) is 9.50 Å². The van der Waals surface area contributed by atoms with E-state index >= 15 is 0 Å². The van der Waals surface area contributed by atoms with E-state index in [4.69, 9.17) is 5.73 Å². The lowest BCUT2D eigenvalue weighted by molar-refractivity contribution is 0.0588. The van der Waals surface area contributed by atoms with Gasteiger partial charge in [-0.15, -0.1) is 0 Å². The van der Waals surface area contributed by atoms with Crippen LogP contribution in [0.4, 0.5) is 4.39 Å². The summed E-state index contributed by atoms with van der Waals surface area (Å²) in [5.41, 5.74) is 6.66. The van der Waals surface area contributed by atoms with E-state index in [1.807, 2.05) is 0 Å². The standard InChI is InChI=1S/C13H18FNO/c14-11-5-3-10(4-6-11)8-13(9-15)7-1-2-12(13)16/h3-6,12,16H,1-2,7-9,15H2/t12-,13+/m0/s1. The molecular formula is C13H18FNO. The van der Waals surface area contributed by atoms with Crippen LogP contribution < -0.4 is 5.73 Å². The third kappa shape index (κ3) is 2.11. The summed E-state index contributed by atoms with van der Waals surface area (Å²) in [6, 6.07) is 6.47. The average Bonchev–Trinajstić information content (AvgIpc) is 2.64. The number of aliphatic hydroxyl groups excluding tert-OH is 1. The number of nitrogens with two attached hydrogens (primary N) is 1. The van der Waals surface area contributed by atoms with Crippen molar-refractivity contribution in [1.29, 1.82) is 0 Å². The van der Waals surface area contributed by atoms with E-state index in [0.29, 0.717) is 6.54 Å². The van der Waals surface area contributed by atoms with Crippen molar-refractivity contribution >= 4 is 0 Å². The largest absolute Gasteiger partial charge is 0.392 e. The molecule has 0 unspecified atom stereocenters. The molecule has 2 nitrogen and oxygen atoms in total. The Labute approximate surface area is 95.3 Å². The van der Waals surface area contributed by atoms with Gasteiger partial charge in [0.25, 0.3) is 0 Å². The van der Waals surface area contributed by atoms with E-state index in [1.165, 1.54) is 12.1 Å². The summed E-state index contributed by atoms with van der Waals surface area (Å²) in [4.78, 5) is 0. The molecular weight excluding hydrogens is 205 g/mol. The van der Waals surface area contributed by atoms with Gasteiger partial charge < -0.3 is 10.8 Å². The highest BCUT2D eigenvalue weighted by atomic mass is 19.1. The van der Waals surface area contributed by atoms with Crippen molar-refractivity contribution in [2.75, 3.05) is 6.54 Å². The molecule has 2 atom stereocenters. The van der Waals surface area contributed by atoms with Crippen LogP contribution in [0, 0.1) is 11.2 Å².